The van der Waals surface area contributed by atoms with Gasteiger partial charge >= 0.3 is 0 Å². The Morgan fingerprint density at radius 2 is 1.09 bits per heavy atom. The van der Waals surface area contributed by atoms with Gasteiger partial charge in [-0.3, -0.25) is 9.59 Å². The van der Waals surface area contributed by atoms with E-state index in [2.05, 4.69) is 55.7 Å². The molecule has 4 N–H and O–H groups in total. The fourth-order valence-corrected chi connectivity index (χ4v) is 7.66. The Hall–Kier alpha value is -3.76. The number of nitrogens with zero attached hydrogens (tertiary/aromatic N) is 4. The molecule has 2 saturated heterocycles. The zero-order chi connectivity index (χ0) is 32.4. The van der Waals surface area contributed by atoms with Crippen LogP contribution in [0, 0.1) is 22.7 Å². The summed E-state index contributed by atoms with van der Waals surface area (Å²) < 4.78 is 3.06. The lowest BCUT2D eigenvalue weighted by atomic mass is 9.96. The summed E-state index contributed by atoms with van der Waals surface area (Å²) >= 11 is 0. The Labute approximate surface area is 278 Å². The third kappa shape index (κ3) is 6.54. The van der Waals surface area contributed by atoms with Gasteiger partial charge in [-0.15, -0.1) is 0 Å². The van der Waals surface area contributed by atoms with E-state index in [1.165, 1.54) is 35.0 Å². The summed E-state index contributed by atoms with van der Waals surface area (Å²) in [4.78, 5) is 24.9. The maximum Gasteiger partial charge on any atom is 0.252 e. The number of aromatic nitrogens is 4. The minimum absolute atomic E-state index is 0. The number of carbonyl (C=O) groups excluding carboxylic acids is 2. The number of hydrogen-bond acceptors (Lipinski definition) is 8. The number of rotatable bonds is 4. The molecule has 2 aliphatic carbocycles. The van der Waals surface area contributed by atoms with E-state index in [9.17, 15) is 9.59 Å². The fourth-order valence-electron chi connectivity index (χ4n) is 7.66. The minimum atomic E-state index is -0.439. The predicted molar refractivity (Wildman–Crippen MR) is 190 cm³/mol. The quantitative estimate of drug-likeness (QED) is 0.202. The van der Waals surface area contributed by atoms with Gasteiger partial charge in [-0.25, -0.2) is 0 Å². The molecule has 4 bridgehead atoms. The number of anilines is 2. The number of carbonyl (C=O) groups is 2. The van der Waals surface area contributed by atoms with Gasteiger partial charge in [0, 0.05) is 70.2 Å². The largest absolute Gasteiger partial charge is 0.382 e. The molecule has 4 aromatic rings. The van der Waals surface area contributed by atoms with E-state index in [4.69, 9.17) is 0 Å². The van der Waals surface area contributed by atoms with E-state index in [1.807, 2.05) is 53.7 Å². The molecule has 0 spiro atoms. The molecule has 6 atom stereocenters. The van der Waals surface area contributed by atoms with Gasteiger partial charge in [0.1, 0.15) is 0 Å². The van der Waals surface area contributed by atoms with Crippen LogP contribution in [0.5, 0.6) is 0 Å². The highest BCUT2D eigenvalue weighted by molar-refractivity contribution is 5.95. The van der Waals surface area contributed by atoms with Crippen LogP contribution in [0.2, 0.25) is 0 Å². The molecule has 8 rings (SSSR count). The van der Waals surface area contributed by atoms with Crippen molar-refractivity contribution >= 4 is 45.0 Å². The van der Waals surface area contributed by atoms with E-state index >= 15 is 0 Å². The van der Waals surface area contributed by atoms with Crippen molar-refractivity contribution in [3.8, 4) is 0 Å². The van der Waals surface area contributed by atoms with E-state index in [1.54, 1.807) is 12.4 Å². The molecule has 6 unspecified atom stereocenters. The minimum Gasteiger partial charge on any atom is -0.382 e. The van der Waals surface area contributed by atoms with Crippen LogP contribution in [0.3, 0.4) is 0 Å². The zero-order valence-corrected chi connectivity index (χ0v) is 27.9. The summed E-state index contributed by atoms with van der Waals surface area (Å²) in [6.45, 7) is 13.8. The van der Waals surface area contributed by atoms with Crippen molar-refractivity contribution in [1.82, 2.24) is 30.2 Å². The van der Waals surface area contributed by atoms with Gasteiger partial charge in [-0.2, -0.15) is 19.6 Å². The summed E-state index contributed by atoms with van der Waals surface area (Å²) in [6.07, 6.45) is 8.55. The molecule has 2 aromatic carbocycles. The third-order valence-electron chi connectivity index (χ3n) is 10.2. The second-order valence-electron chi connectivity index (χ2n) is 15.9. The van der Waals surface area contributed by atoms with Gasteiger partial charge in [-0.05, 0) is 73.9 Å². The van der Waals surface area contributed by atoms with E-state index in [-0.39, 0.29) is 19.2 Å². The summed E-state index contributed by atoms with van der Waals surface area (Å²) in [5.74, 6) is 1.52. The van der Waals surface area contributed by atoms with Crippen molar-refractivity contribution < 1.29 is 9.59 Å². The van der Waals surface area contributed by atoms with Gasteiger partial charge in [-0.1, -0.05) is 49.0 Å². The van der Waals surface area contributed by atoms with Crippen LogP contribution in [0.1, 0.15) is 84.2 Å². The molecule has 4 heterocycles. The van der Waals surface area contributed by atoms with Gasteiger partial charge in [0.15, 0.2) is 0 Å². The van der Waals surface area contributed by atoms with Crippen LogP contribution in [0.4, 0.5) is 11.4 Å². The SMILES string of the molecule is C.CC(C)(C)C(=O)n1ncc2cc(NC3CC4CC3CN4)ccc21.CC(C)(C)C(=O)n1ncc2cc(NC3CC4CC3CN4)ccc21. The van der Waals surface area contributed by atoms with Crippen LogP contribution in [0.25, 0.3) is 21.8 Å². The Kier molecular flexibility index (Phi) is 8.72. The average molecular weight is 641 g/mol. The number of benzene rings is 2. The monoisotopic (exact) mass is 640 g/mol. The van der Waals surface area contributed by atoms with Crippen molar-refractivity contribution in [3.63, 3.8) is 0 Å². The topological polar surface area (TPSA) is 118 Å². The van der Waals surface area contributed by atoms with Crippen molar-refractivity contribution in [2.45, 2.75) is 98.8 Å². The van der Waals surface area contributed by atoms with Gasteiger partial charge in [0.2, 0.25) is 0 Å². The standard InChI is InChI=1S/2C18H24N4O.CH4/c2*1-18(2,3)17(23)22-16-5-4-13(7-12(16)10-20-22)21-15-8-14-6-11(15)9-19-14;/h2*4-5,7,10-11,14-15,19,21H,6,8-9H2,1-3H3;1H4. The molecule has 0 radical (unpaired) electrons. The van der Waals surface area contributed by atoms with E-state index < -0.39 is 10.8 Å². The highest BCUT2D eigenvalue weighted by Gasteiger charge is 2.40. The lowest BCUT2D eigenvalue weighted by molar-refractivity contribution is 0.0749. The Morgan fingerprint density at radius 1 is 0.681 bits per heavy atom. The molecule has 252 valence electrons. The lowest BCUT2D eigenvalue weighted by Gasteiger charge is -2.24. The first kappa shape index (κ1) is 33.2. The van der Waals surface area contributed by atoms with Crippen LogP contribution < -0.4 is 21.3 Å². The van der Waals surface area contributed by atoms with Crippen LogP contribution >= 0.6 is 0 Å². The molecule has 4 fully saturated rings. The molecular formula is C37H52N8O2. The molecule has 2 saturated carbocycles. The summed E-state index contributed by atoms with van der Waals surface area (Å²) in [6, 6.07) is 14.8. The lowest BCUT2D eigenvalue weighted by Crippen LogP contribution is -2.36. The highest BCUT2D eigenvalue weighted by Crippen LogP contribution is 2.35. The predicted octanol–water partition coefficient (Wildman–Crippen LogP) is 6.41. The van der Waals surface area contributed by atoms with Gasteiger partial charge < -0.3 is 21.3 Å². The molecule has 4 aliphatic rings. The van der Waals surface area contributed by atoms with Crippen molar-refractivity contribution in [1.29, 1.82) is 0 Å². The second-order valence-corrected chi connectivity index (χ2v) is 15.9. The first-order valence-corrected chi connectivity index (χ1v) is 16.9. The van der Waals surface area contributed by atoms with E-state index in [0.29, 0.717) is 24.2 Å². The highest BCUT2D eigenvalue weighted by atomic mass is 16.2. The molecule has 10 heteroatoms. The van der Waals surface area contributed by atoms with Crippen molar-refractivity contribution in [2.24, 2.45) is 22.7 Å². The molecule has 2 aliphatic heterocycles. The zero-order valence-electron chi connectivity index (χ0n) is 27.9. The number of piperidine rings is 2. The first-order valence-electron chi connectivity index (χ1n) is 16.9. The van der Waals surface area contributed by atoms with Gasteiger partial charge in [0.05, 0.1) is 23.4 Å². The van der Waals surface area contributed by atoms with Gasteiger partial charge in [0.25, 0.3) is 11.8 Å². The number of fused-ring (bicyclic) bond motifs is 6. The molecule has 2 aromatic heterocycles. The van der Waals surface area contributed by atoms with Crippen LogP contribution in [-0.4, -0.2) is 68.6 Å². The number of nitrogens with one attached hydrogen (secondary N) is 4. The second kappa shape index (κ2) is 12.4. The Balaban J connectivity index is 0.000000161. The average Bonchev–Trinajstić information content (AvgIpc) is 3.85. The van der Waals surface area contributed by atoms with Crippen molar-refractivity contribution in [2.75, 3.05) is 23.7 Å². The summed E-state index contributed by atoms with van der Waals surface area (Å²) in [5.41, 5.74) is 3.13. The normalized spacial score (nSPS) is 26.3. The first-order chi connectivity index (χ1) is 21.8. The van der Waals surface area contributed by atoms with Crippen LogP contribution in [0.15, 0.2) is 48.8 Å². The van der Waals surface area contributed by atoms with Crippen molar-refractivity contribution in [3.05, 3.63) is 48.8 Å². The molecule has 10 nitrogen and oxygen atoms in total. The summed E-state index contributed by atoms with van der Waals surface area (Å²) in [5, 5.41) is 25.0. The maximum atomic E-state index is 12.5. The Morgan fingerprint density at radius 3 is 1.40 bits per heavy atom. The third-order valence-corrected chi connectivity index (χ3v) is 10.2. The smallest absolute Gasteiger partial charge is 0.252 e. The fraction of sp³-hybridized carbons (Fsp3) is 0.568. The maximum absolute atomic E-state index is 12.5. The Bertz CT molecular complexity index is 1650. The summed E-state index contributed by atoms with van der Waals surface area (Å²) in [7, 11) is 0. The van der Waals surface area contributed by atoms with Crippen LogP contribution in [-0.2, 0) is 0 Å². The molecular weight excluding hydrogens is 588 g/mol. The molecule has 0 amide bonds. The van der Waals surface area contributed by atoms with E-state index in [0.717, 1.165) is 58.1 Å². The molecule has 47 heavy (non-hydrogen) atoms. The number of hydrogen-bond donors (Lipinski definition) is 4.